The van der Waals surface area contributed by atoms with Gasteiger partial charge in [-0.25, -0.2) is 0 Å². The number of nitrogens with one attached hydrogen (secondary N) is 1. The molecule has 4 nitrogen and oxygen atoms in total. The Labute approximate surface area is 113 Å². The Balaban J connectivity index is 2.46. The van der Waals surface area contributed by atoms with Crippen molar-refractivity contribution < 1.29 is 9.90 Å². The van der Waals surface area contributed by atoms with Gasteiger partial charge in [0, 0.05) is 36.0 Å². The molecule has 0 saturated carbocycles. The van der Waals surface area contributed by atoms with Gasteiger partial charge in [0.1, 0.15) is 0 Å². The zero-order chi connectivity index (χ0) is 14.2. The van der Waals surface area contributed by atoms with E-state index in [9.17, 15) is 9.90 Å². The molecule has 2 rings (SSSR count). The van der Waals surface area contributed by atoms with Crippen molar-refractivity contribution >= 4 is 17.3 Å². The van der Waals surface area contributed by atoms with Crippen LogP contribution in [0.5, 0.6) is 0 Å². The smallest absolute Gasteiger partial charge is 0.221 e. The summed E-state index contributed by atoms with van der Waals surface area (Å²) in [6, 6.07) is 5.83. The third-order valence-corrected chi connectivity index (χ3v) is 3.65. The number of aliphatic hydroxyl groups excluding tert-OH is 1. The minimum absolute atomic E-state index is 0.0817. The predicted octanol–water partition coefficient (Wildman–Crippen LogP) is 2.25. The molecule has 1 aromatic rings. The number of hydrogen-bond donors (Lipinski definition) is 2. The second kappa shape index (κ2) is 4.70. The summed E-state index contributed by atoms with van der Waals surface area (Å²) in [5.74, 6) is -0.0817. The maximum absolute atomic E-state index is 11.1. The van der Waals surface area contributed by atoms with E-state index in [-0.39, 0.29) is 17.9 Å². The van der Waals surface area contributed by atoms with Crippen LogP contribution in [0.1, 0.15) is 26.3 Å². The van der Waals surface area contributed by atoms with Gasteiger partial charge in [-0.15, -0.1) is 0 Å². The van der Waals surface area contributed by atoms with E-state index in [1.54, 1.807) is 0 Å². The molecule has 0 unspecified atom stereocenters. The van der Waals surface area contributed by atoms with Crippen LogP contribution in [0.3, 0.4) is 0 Å². The lowest BCUT2D eigenvalue weighted by atomic mass is 9.84. The zero-order valence-corrected chi connectivity index (χ0v) is 11.7. The van der Waals surface area contributed by atoms with Gasteiger partial charge in [-0.1, -0.05) is 20.4 Å². The highest BCUT2D eigenvalue weighted by molar-refractivity contribution is 5.89. The van der Waals surface area contributed by atoms with E-state index in [0.717, 1.165) is 22.6 Å². The van der Waals surface area contributed by atoms with Crippen molar-refractivity contribution in [3.05, 3.63) is 36.0 Å². The molecule has 0 fully saturated rings. The van der Waals surface area contributed by atoms with E-state index in [4.69, 9.17) is 0 Å². The molecule has 0 aliphatic carbocycles. The third-order valence-electron chi connectivity index (χ3n) is 3.65. The third kappa shape index (κ3) is 2.24. The van der Waals surface area contributed by atoms with Crippen LogP contribution in [0, 0.1) is 0 Å². The number of β-amino-alcohol motifs (C(OH)–C–C–N with tert-alkyl or cyclic N) is 1. The number of anilines is 2. The maximum atomic E-state index is 11.1. The van der Waals surface area contributed by atoms with Crippen molar-refractivity contribution in [2.75, 3.05) is 23.4 Å². The van der Waals surface area contributed by atoms with Crippen LogP contribution in [-0.4, -0.2) is 24.2 Å². The Morgan fingerprint density at radius 2 is 2.16 bits per heavy atom. The minimum Gasteiger partial charge on any atom is -0.395 e. The van der Waals surface area contributed by atoms with Crippen LogP contribution in [0.25, 0.3) is 0 Å². The number of fused-ring (bicyclic) bond motifs is 1. The van der Waals surface area contributed by atoms with Crippen molar-refractivity contribution in [2.24, 2.45) is 0 Å². The molecule has 2 N–H and O–H groups in total. The van der Waals surface area contributed by atoms with E-state index in [0.29, 0.717) is 6.54 Å². The fraction of sp³-hybridized carbons (Fsp3) is 0.400. The van der Waals surface area contributed by atoms with Crippen LogP contribution in [0.15, 0.2) is 30.5 Å². The van der Waals surface area contributed by atoms with Crippen LogP contribution in [0.4, 0.5) is 11.4 Å². The highest BCUT2D eigenvalue weighted by atomic mass is 16.3. The number of carbonyl (C=O) groups excluding carboxylic acids is 1. The first kappa shape index (κ1) is 13.6. The largest absolute Gasteiger partial charge is 0.395 e. The fourth-order valence-corrected chi connectivity index (χ4v) is 2.55. The van der Waals surface area contributed by atoms with Gasteiger partial charge in [-0.2, -0.15) is 0 Å². The van der Waals surface area contributed by atoms with E-state index in [2.05, 4.69) is 25.7 Å². The van der Waals surface area contributed by atoms with Crippen LogP contribution < -0.4 is 10.2 Å². The van der Waals surface area contributed by atoms with Crippen molar-refractivity contribution in [1.82, 2.24) is 0 Å². The Morgan fingerprint density at radius 1 is 1.47 bits per heavy atom. The lowest BCUT2D eigenvalue weighted by molar-refractivity contribution is -0.114. The average molecular weight is 260 g/mol. The van der Waals surface area contributed by atoms with Crippen molar-refractivity contribution in [3.63, 3.8) is 0 Å². The number of aliphatic hydroxyl groups is 1. The quantitative estimate of drug-likeness (QED) is 0.876. The van der Waals surface area contributed by atoms with Crippen molar-refractivity contribution in [3.8, 4) is 0 Å². The first-order valence-electron chi connectivity index (χ1n) is 6.38. The number of hydrogen-bond acceptors (Lipinski definition) is 3. The topological polar surface area (TPSA) is 52.6 Å². The molecule has 102 valence electrons. The van der Waals surface area contributed by atoms with Crippen molar-refractivity contribution in [1.29, 1.82) is 0 Å². The maximum Gasteiger partial charge on any atom is 0.221 e. The van der Waals surface area contributed by atoms with Gasteiger partial charge in [-0.3, -0.25) is 4.79 Å². The Hall–Kier alpha value is -1.81. The number of nitrogens with zero attached hydrogens (tertiary/aromatic N) is 1. The molecule has 0 saturated heterocycles. The predicted molar refractivity (Wildman–Crippen MR) is 77.3 cm³/mol. The summed E-state index contributed by atoms with van der Waals surface area (Å²) in [6.07, 6.45) is 0. The van der Waals surface area contributed by atoms with Gasteiger partial charge >= 0.3 is 0 Å². The molecule has 4 heteroatoms. The molecule has 1 heterocycles. The first-order chi connectivity index (χ1) is 8.87. The van der Waals surface area contributed by atoms with Gasteiger partial charge in [0.2, 0.25) is 5.91 Å². The monoisotopic (exact) mass is 260 g/mol. The molecular weight excluding hydrogens is 240 g/mol. The summed E-state index contributed by atoms with van der Waals surface area (Å²) in [4.78, 5) is 13.2. The standard InChI is InChI=1S/C15H20N2O2/c1-10-15(3,4)13-9-12(16-11(2)19)5-6-14(13)17(10)7-8-18/h5-6,9,18H,1,7-8H2,2-4H3,(H,16,19). The molecule has 0 atom stereocenters. The molecule has 0 bridgehead atoms. The van der Waals surface area contributed by atoms with Gasteiger partial charge in [0.25, 0.3) is 0 Å². The lowest BCUT2D eigenvalue weighted by Crippen LogP contribution is -2.27. The number of carbonyl (C=O) groups is 1. The van der Waals surface area contributed by atoms with Crippen LogP contribution in [-0.2, 0) is 10.2 Å². The van der Waals surface area contributed by atoms with Crippen LogP contribution in [0.2, 0.25) is 0 Å². The summed E-state index contributed by atoms with van der Waals surface area (Å²) in [5.41, 5.74) is 3.74. The molecular formula is C15H20N2O2. The van der Waals surface area contributed by atoms with Crippen molar-refractivity contribution in [2.45, 2.75) is 26.2 Å². The van der Waals surface area contributed by atoms with Gasteiger partial charge in [0.15, 0.2) is 0 Å². The molecule has 0 spiro atoms. The van der Waals surface area contributed by atoms with E-state index < -0.39 is 0 Å². The summed E-state index contributed by atoms with van der Waals surface area (Å²) in [7, 11) is 0. The average Bonchev–Trinajstić information content (AvgIpc) is 2.51. The molecule has 1 aromatic carbocycles. The number of amides is 1. The second-order valence-electron chi connectivity index (χ2n) is 5.36. The summed E-state index contributed by atoms with van der Waals surface area (Å²) >= 11 is 0. The van der Waals surface area contributed by atoms with E-state index in [1.165, 1.54) is 6.92 Å². The number of rotatable bonds is 3. The van der Waals surface area contributed by atoms with Gasteiger partial charge in [-0.05, 0) is 23.8 Å². The second-order valence-corrected chi connectivity index (χ2v) is 5.36. The van der Waals surface area contributed by atoms with E-state index >= 15 is 0 Å². The lowest BCUT2D eigenvalue weighted by Gasteiger charge is -2.25. The first-order valence-corrected chi connectivity index (χ1v) is 6.38. The molecule has 1 amide bonds. The van der Waals surface area contributed by atoms with E-state index in [1.807, 2.05) is 23.1 Å². The molecule has 1 aliphatic rings. The molecule has 19 heavy (non-hydrogen) atoms. The van der Waals surface area contributed by atoms with Gasteiger partial charge in [0.05, 0.1) is 6.61 Å². The van der Waals surface area contributed by atoms with Gasteiger partial charge < -0.3 is 15.3 Å². The Kier molecular flexibility index (Phi) is 3.37. The highest BCUT2D eigenvalue weighted by Crippen LogP contribution is 2.47. The molecule has 1 aliphatic heterocycles. The summed E-state index contributed by atoms with van der Waals surface area (Å²) in [5, 5.41) is 12.0. The van der Waals surface area contributed by atoms with Crippen LogP contribution >= 0.6 is 0 Å². The normalized spacial score (nSPS) is 16.4. The SMILES string of the molecule is C=C1N(CCO)c2ccc(NC(C)=O)cc2C1(C)C. The fourth-order valence-electron chi connectivity index (χ4n) is 2.55. The Bertz CT molecular complexity index is 535. The number of benzene rings is 1. The zero-order valence-electron chi connectivity index (χ0n) is 11.7. The molecule has 0 aromatic heterocycles. The summed E-state index contributed by atoms with van der Waals surface area (Å²) < 4.78 is 0. The number of allylic oxidation sites excluding steroid dienone is 1. The Morgan fingerprint density at radius 3 is 2.74 bits per heavy atom. The molecule has 0 radical (unpaired) electrons. The minimum atomic E-state index is -0.195. The summed E-state index contributed by atoms with van der Waals surface area (Å²) in [6.45, 7) is 10.5. The highest BCUT2D eigenvalue weighted by Gasteiger charge is 2.38.